The van der Waals surface area contributed by atoms with Gasteiger partial charge >= 0.3 is 23.9 Å². The van der Waals surface area contributed by atoms with Crippen LogP contribution in [0, 0.1) is 22.7 Å². The number of carbonyl (C=O) groups excluding carboxylic acids is 5. The van der Waals surface area contributed by atoms with E-state index < -0.39 is 82.6 Å². The molecule has 9 atom stereocenters. The molecule has 272 valence electrons. The minimum atomic E-state index is -1.18. The number of aromatic nitrogens is 1. The topological polar surface area (TPSA) is 174 Å². The summed E-state index contributed by atoms with van der Waals surface area (Å²) >= 11 is 0. The third-order valence-corrected chi connectivity index (χ3v) is 11.6. The van der Waals surface area contributed by atoms with Gasteiger partial charge in [0.2, 0.25) is 0 Å². The van der Waals surface area contributed by atoms with Gasteiger partial charge < -0.3 is 29.4 Å². The molecule has 51 heavy (non-hydrogen) atoms. The van der Waals surface area contributed by atoms with E-state index in [1.807, 2.05) is 51.1 Å². The van der Waals surface area contributed by atoms with Gasteiger partial charge in [0.1, 0.15) is 23.9 Å². The first-order valence-electron chi connectivity index (χ1n) is 17.4. The third-order valence-electron chi connectivity index (χ3n) is 11.6. The summed E-state index contributed by atoms with van der Waals surface area (Å²) in [4.78, 5) is 71.2. The van der Waals surface area contributed by atoms with Crippen molar-refractivity contribution in [1.82, 2.24) is 4.98 Å². The van der Waals surface area contributed by atoms with E-state index in [0.717, 1.165) is 5.56 Å². The van der Waals surface area contributed by atoms with Crippen LogP contribution in [-0.4, -0.2) is 71.3 Å². The van der Waals surface area contributed by atoms with Gasteiger partial charge in [-0.05, 0) is 54.0 Å². The zero-order valence-electron chi connectivity index (χ0n) is 29.9. The molecule has 4 aliphatic rings. The first-order chi connectivity index (χ1) is 24.1. The molecule has 12 heteroatoms. The van der Waals surface area contributed by atoms with Crippen LogP contribution in [0.25, 0.3) is 0 Å². The number of pyridine rings is 1. The van der Waals surface area contributed by atoms with Gasteiger partial charge in [-0.2, -0.15) is 0 Å². The van der Waals surface area contributed by atoms with E-state index in [9.17, 15) is 24.0 Å². The number of carbonyl (C=O) groups is 5. The number of hydrogen-bond donors (Lipinski definition) is 1. The lowest BCUT2D eigenvalue weighted by atomic mass is 9.48. The molecule has 1 unspecified atom stereocenters. The van der Waals surface area contributed by atoms with Crippen molar-refractivity contribution >= 4 is 29.7 Å². The van der Waals surface area contributed by atoms with Crippen LogP contribution in [0.2, 0.25) is 0 Å². The molecule has 1 aliphatic heterocycles. The van der Waals surface area contributed by atoms with Gasteiger partial charge in [0.25, 0.3) is 0 Å². The van der Waals surface area contributed by atoms with E-state index in [1.54, 1.807) is 19.1 Å². The predicted molar refractivity (Wildman–Crippen MR) is 182 cm³/mol. The van der Waals surface area contributed by atoms with Crippen molar-refractivity contribution in [3.8, 4) is 0 Å². The van der Waals surface area contributed by atoms with Gasteiger partial charge in [-0.3, -0.25) is 24.2 Å². The van der Waals surface area contributed by atoms with Crippen molar-refractivity contribution in [3.05, 3.63) is 77.1 Å². The fourth-order valence-corrected chi connectivity index (χ4v) is 9.17. The molecule has 2 saturated carbocycles. The third kappa shape index (κ3) is 6.59. The molecule has 6 rings (SSSR count). The molecule has 2 bridgehead atoms. The van der Waals surface area contributed by atoms with Crippen molar-refractivity contribution < 1.29 is 47.7 Å². The number of hydrogen-bond acceptors (Lipinski definition) is 12. The Labute approximate surface area is 297 Å². The normalized spacial score (nSPS) is 32.8. The SMILES string of the molecule is CC(=O)O[C@@H]1[C@@H]2CC(=O)C(C)=C([C@@H](OC(C)=O)[C@H](OC(=O)c3cccnc3)[C@]3(C)CC[C@H](OC(=O)CC(N)c4ccccc4)[C@@]4(CO4)[C@@H]13)C2(C)C. The highest BCUT2D eigenvalue weighted by Gasteiger charge is 2.74. The lowest BCUT2D eigenvalue weighted by Gasteiger charge is -2.60. The molecule has 3 aliphatic carbocycles. The molecule has 3 fully saturated rings. The smallest absolute Gasteiger partial charge is 0.340 e. The number of Topliss-reactive ketones (excluding diaryl/α,β-unsaturated/α-hetero) is 1. The standard InChI is InChI=1S/C39H46N2O10/c1-21-28(44)17-26-32(48-22(2)42)34-38(6,15-14-29(39(34)20-47-39)50-30(45)18-27(40)24-11-8-7-9-12-24)35(51-36(46)25-13-10-16-41-19-25)33(49-23(3)43)31(21)37(26,4)5/h7-13,16,19,26-27,29,32-35H,14-15,17-18,20,40H2,1-6H3/t26-,27?,29-,32+,33+,34-,35-,38+,39-/m0/s1. The molecule has 1 aromatic heterocycles. The van der Waals surface area contributed by atoms with Crippen molar-refractivity contribution in [1.29, 1.82) is 0 Å². The van der Waals surface area contributed by atoms with Gasteiger partial charge in [0.15, 0.2) is 11.9 Å². The van der Waals surface area contributed by atoms with Crippen LogP contribution in [0.15, 0.2) is 66.0 Å². The second kappa shape index (κ2) is 13.6. The molecule has 2 heterocycles. The van der Waals surface area contributed by atoms with Gasteiger partial charge in [0, 0.05) is 56.0 Å². The van der Waals surface area contributed by atoms with E-state index in [0.29, 0.717) is 24.0 Å². The highest BCUT2D eigenvalue weighted by atomic mass is 16.6. The maximum Gasteiger partial charge on any atom is 0.340 e. The minimum Gasteiger partial charge on any atom is -0.462 e. The van der Waals surface area contributed by atoms with Crippen LogP contribution in [-0.2, 0) is 42.9 Å². The molecule has 1 saturated heterocycles. The molecule has 12 nitrogen and oxygen atoms in total. The summed E-state index contributed by atoms with van der Waals surface area (Å²) < 4.78 is 31.3. The first-order valence-corrected chi connectivity index (χ1v) is 17.4. The lowest BCUT2D eigenvalue weighted by molar-refractivity contribution is -0.220. The average Bonchev–Trinajstić information content (AvgIpc) is 3.86. The summed E-state index contributed by atoms with van der Waals surface area (Å²) in [6.07, 6.45) is -0.604. The number of nitrogens with two attached hydrogens (primary N) is 1. The van der Waals surface area contributed by atoms with E-state index in [4.69, 9.17) is 29.4 Å². The molecular formula is C39H46N2O10. The van der Waals surface area contributed by atoms with Crippen LogP contribution in [0.4, 0.5) is 0 Å². The Kier molecular flexibility index (Phi) is 9.71. The molecule has 0 amide bonds. The van der Waals surface area contributed by atoms with Crippen LogP contribution in [0.5, 0.6) is 0 Å². The Morgan fingerprint density at radius 3 is 2.27 bits per heavy atom. The fraction of sp³-hybridized carbons (Fsp3) is 0.538. The lowest BCUT2D eigenvalue weighted by Crippen LogP contribution is -2.68. The first kappa shape index (κ1) is 36.4. The van der Waals surface area contributed by atoms with Gasteiger partial charge in [-0.1, -0.05) is 51.1 Å². The van der Waals surface area contributed by atoms with Crippen molar-refractivity contribution in [3.63, 3.8) is 0 Å². The summed E-state index contributed by atoms with van der Waals surface area (Å²) in [5.41, 5.74) is 5.09. The van der Waals surface area contributed by atoms with E-state index in [1.165, 1.54) is 26.2 Å². The fourth-order valence-electron chi connectivity index (χ4n) is 9.17. The zero-order valence-corrected chi connectivity index (χ0v) is 29.9. The van der Waals surface area contributed by atoms with Gasteiger partial charge in [0.05, 0.1) is 18.6 Å². The highest BCUT2D eigenvalue weighted by Crippen LogP contribution is 2.65. The zero-order chi connectivity index (χ0) is 36.9. The van der Waals surface area contributed by atoms with Crippen molar-refractivity contribution in [2.75, 3.05) is 6.61 Å². The Morgan fingerprint density at radius 2 is 1.67 bits per heavy atom. The Balaban J connectivity index is 1.48. The number of epoxide rings is 1. The van der Waals surface area contributed by atoms with Crippen LogP contribution >= 0.6 is 0 Å². The maximum atomic E-state index is 13.9. The number of nitrogens with zero attached hydrogens (tertiary/aromatic N) is 1. The quantitative estimate of drug-likeness (QED) is 0.230. The predicted octanol–water partition coefficient (Wildman–Crippen LogP) is 4.60. The van der Waals surface area contributed by atoms with Crippen LogP contribution < -0.4 is 5.73 Å². The Bertz CT molecular complexity index is 1740. The average molecular weight is 703 g/mol. The summed E-state index contributed by atoms with van der Waals surface area (Å²) in [5.74, 6) is -3.99. The number of rotatable bonds is 8. The number of ether oxygens (including phenoxy) is 5. The Hall–Kier alpha value is -4.42. The van der Waals surface area contributed by atoms with Crippen LogP contribution in [0.1, 0.15) is 89.2 Å². The van der Waals surface area contributed by atoms with Crippen LogP contribution in [0.3, 0.4) is 0 Å². The summed E-state index contributed by atoms with van der Waals surface area (Å²) in [6, 6.07) is 11.8. The highest BCUT2D eigenvalue weighted by molar-refractivity contribution is 5.97. The van der Waals surface area contributed by atoms with Crippen molar-refractivity contribution in [2.24, 2.45) is 28.4 Å². The summed E-state index contributed by atoms with van der Waals surface area (Å²) in [7, 11) is 0. The van der Waals surface area contributed by atoms with E-state index in [-0.39, 0.29) is 30.8 Å². The number of fused-ring (bicyclic) bond motifs is 4. The van der Waals surface area contributed by atoms with E-state index >= 15 is 0 Å². The molecule has 1 spiro atoms. The minimum absolute atomic E-state index is 0.0479. The maximum absolute atomic E-state index is 13.9. The molecule has 1 aromatic carbocycles. The molecule has 0 radical (unpaired) electrons. The second-order valence-corrected chi connectivity index (χ2v) is 15.1. The second-order valence-electron chi connectivity index (χ2n) is 15.1. The number of benzene rings is 1. The largest absolute Gasteiger partial charge is 0.462 e. The molecule has 2 N–H and O–H groups in total. The van der Waals surface area contributed by atoms with Gasteiger partial charge in [-0.15, -0.1) is 0 Å². The number of esters is 4. The summed E-state index contributed by atoms with van der Waals surface area (Å²) in [5, 5.41) is 0. The molecular weight excluding hydrogens is 656 g/mol. The van der Waals surface area contributed by atoms with Gasteiger partial charge in [-0.25, -0.2) is 4.79 Å². The monoisotopic (exact) mass is 702 g/mol. The summed E-state index contributed by atoms with van der Waals surface area (Å²) in [6.45, 7) is 10.2. The number of allylic oxidation sites excluding steroid dienone is 1. The Morgan fingerprint density at radius 1 is 0.980 bits per heavy atom. The molecule has 2 aromatic rings. The van der Waals surface area contributed by atoms with Crippen molar-refractivity contribution in [2.45, 2.75) is 103 Å². The number of ketones is 1. The van der Waals surface area contributed by atoms with E-state index in [2.05, 4.69) is 4.98 Å².